The summed E-state index contributed by atoms with van der Waals surface area (Å²) in [6, 6.07) is 0.742. The molecule has 1 heterocycles. The third-order valence-corrected chi connectivity index (χ3v) is 4.46. The maximum atomic E-state index is 2.63. The number of nitrogens with zero attached hydrogens (tertiary/aromatic N) is 2. The van der Waals surface area contributed by atoms with Crippen molar-refractivity contribution < 1.29 is 0 Å². The van der Waals surface area contributed by atoms with Gasteiger partial charge in [0.2, 0.25) is 0 Å². The van der Waals surface area contributed by atoms with Gasteiger partial charge in [-0.25, -0.2) is 0 Å². The molecular formula is C16H28N2. The first kappa shape index (κ1) is 13.7. The number of piperazine rings is 1. The van der Waals surface area contributed by atoms with Gasteiger partial charge < -0.3 is 4.90 Å². The Labute approximate surface area is 112 Å². The molecule has 0 bridgehead atoms. The van der Waals surface area contributed by atoms with E-state index in [4.69, 9.17) is 0 Å². The summed E-state index contributed by atoms with van der Waals surface area (Å²) in [7, 11) is 0. The maximum Gasteiger partial charge on any atom is 0.0323 e. The largest absolute Gasteiger partial charge is 0.369 e. The molecule has 2 atom stereocenters. The van der Waals surface area contributed by atoms with E-state index in [0.717, 1.165) is 12.0 Å². The minimum Gasteiger partial charge on any atom is -0.369 e. The maximum absolute atomic E-state index is 2.63. The van der Waals surface area contributed by atoms with Crippen molar-refractivity contribution in [2.75, 3.05) is 26.2 Å². The van der Waals surface area contributed by atoms with Gasteiger partial charge in [-0.2, -0.15) is 0 Å². The first-order valence-electron chi connectivity index (χ1n) is 7.58. The van der Waals surface area contributed by atoms with Crippen LogP contribution in [0.5, 0.6) is 0 Å². The van der Waals surface area contributed by atoms with Crippen LogP contribution >= 0.6 is 0 Å². The van der Waals surface area contributed by atoms with Gasteiger partial charge in [0.15, 0.2) is 0 Å². The number of allylic oxidation sites excluding steroid dienone is 3. The van der Waals surface area contributed by atoms with Crippen LogP contribution in [0.2, 0.25) is 0 Å². The van der Waals surface area contributed by atoms with Gasteiger partial charge in [-0.1, -0.05) is 26.0 Å². The van der Waals surface area contributed by atoms with E-state index in [1.54, 1.807) is 0 Å². The van der Waals surface area contributed by atoms with Crippen molar-refractivity contribution in [2.24, 2.45) is 5.92 Å². The zero-order chi connectivity index (χ0) is 13.0. The monoisotopic (exact) mass is 248 g/mol. The Morgan fingerprint density at radius 3 is 2.67 bits per heavy atom. The van der Waals surface area contributed by atoms with Gasteiger partial charge in [-0.05, 0) is 38.2 Å². The van der Waals surface area contributed by atoms with Gasteiger partial charge in [-0.3, -0.25) is 4.90 Å². The lowest BCUT2D eigenvalue weighted by atomic mass is 10.1. The lowest BCUT2D eigenvalue weighted by Gasteiger charge is -2.39. The van der Waals surface area contributed by atoms with Crippen molar-refractivity contribution in [3.05, 3.63) is 23.9 Å². The fourth-order valence-corrected chi connectivity index (χ4v) is 2.83. The second kappa shape index (κ2) is 6.42. The number of hydrogen-bond donors (Lipinski definition) is 0. The standard InChI is InChI=1S/C16H28N2/c1-4-15(3)17-10-12-18(13-11-17)16-7-5-6-14(2)8-9-16/h7-9,14-15H,4-6,10-13H2,1-3H3. The molecule has 1 aliphatic carbocycles. The van der Waals surface area contributed by atoms with E-state index in [9.17, 15) is 0 Å². The second-order valence-corrected chi connectivity index (χ2v) is 5.82. The third-order valence-electron chi connectivity index (χ3n) is 4.46. The van der Waals surface area contributed by atoms with Crippen molar-refractivity contribution in [3.63, 3.8) is 0 Å². The normalized spacial score (nSPS) is 27.8. The Morgan fingerprint density at radius 2 is 2.00 bits per heavy atom. The van der Waals surface area contributed by atoms with Gasteiger partial charge in [-0.15, -0.1) is 0 Å². The van der Waals surface area contributed by atoms with Crippen molar-refractivity contribution in [1.82, 2.24) is 9.80 Å². The van der Waals surface area contributed by atoms with Gasteiger partial charge in [0.05, 0.1) is 0 Å². The molecule has 2 nitrogen and oxygen atoms in total. The molecule has 18 heavy (non-hydrogen) atoms. The smallest absolute Gasteiger partial charge is 0.0323 e. The second-order valence-electron chi connectivity index (χ2n) is 5.82. The van der Waals surface area contributed by atoms with E-state index in [2.05, 4.69) is 48.8 Å². The van der Waals surface area contributed by atoms with E-state index < -0.39 is 0 Å². The summed E-state index contributed by atoms with van der Waals surface area (Å²) >= 11 is 0. The zero-order valence-corrected chi connectivity index (χ0v) is 12.2. The molecule has 1 fully saturated rings. The van der Waals surface area contributed by atoms with Crippen LogP contribution in [0, 0.1) is 5.92 Å². The molecule has 2 unspecified atom stereocenters. The van der Waals surface area contributed by atoms with Gasteiger partial charge in [0, 0.05) is 37.9 Å². The fourth-order valence-electron chi connectivity index (χ4n) is 2.83. The minimum absolute atomic E-state index is 0.736. The molecule has 2 rings (SSSR count). The molecule has 0 aromatic rings. The highest BCUT2D eigenvalue weighted by molar-refractivity contribution is 5.20. The predicted octanol–water partition coefficient (Wildman–Crippen LogP) is 3.27. The summed E-state index contributed by atoms with van der Waals surface area (Å²) in [5, 5.41) is 0. The summed E-state index contributed by atoms with van der Waals surface area (Å²) in [4.78, 5) is 5.19. The van der Waals surface area contributed by atoms with E-state index in [-0.39, 0.29) is 0 Å². The molecule has 0 radical (unpaired) electrons. The summed E-state index contributed by atoms with van der Waals surface area (Å²) in [6.07, 6.45) is 10.9. The fraction of sp³-hybridized carbons (Fsp3) is 0.750. The van der Waals surface area contributed by atoms with Crippen LogP contribution in [0.3, 0.4) is 0 Å². The summed E-state index contributed by atoms with van der Waals surface area (Å²) in [5.41, 5.74) is 1.46. The lowest BCUT2D eigenvalue weighted by Crippen LogP contribution is -2.48. The highest BCUT2D eigenvalue weighted by Crippen LogP contribution is 2.20. The Hall–Kier alpha value is -0.760. The molecule has 1 aliphatic heterocycles. The van der Waals surface area contributed by atoms with Crippen LogP contribution in [0.15, 0.2) is 23.9 Å². The molecule has 102 valence electrons. The van der Waals surface area contributed by atoms with Crippen molar-refractivity contribution in [2.45, 2.75) is 46.1 Å². The Bertz CT molecular complexity index is 311. The minimum atomic E-state index is 0.736. The lowest BCUT2D eigenvalue weighted by molar-refractivity contribution is 0.122. The van der Waals surface area contributed by atoms with Crippen LogP contribution < -0.4 is 0 Å². The van der Waals surface area contributed by atoms with Crippen molar-refractivity contribution in [3.8, 4) is 0 Å². The molecule has 0 aromatic carbocycles. The van der Waals surface area contributed by atoms with Crippen LogP contribution in [0.1, 0.15) is 40.0 Å². The van der Waals surface area contributed by atoms with Crippen LogP contribution in [0.4, 0.5) is 0 Å². The van der Waals surface area contributed by atoms with E-state index >= 15 is 0 Å². The van der Waals surface area contributed by atoms with Crippen LogP contribution in [-0.4, -0.2) is 42.0 Å². The van der Waals surface area contributed by atoms with E-state index in [1.165, 1.54) is 51.1 Å². The Morgan fingerprint density at radius 1 is 1.28 bits per heavy atom. The third kappa shape index (κ3) is 3.38. The summed E-state index contributed by atoms with van der Waals surface area (Å²) < 4.78 is 0. The van der Waals surface area contributed by atoms with Crippen LogP contribution in [-0.2, 0) is 0 Å². The molecule has 1 saturated heterocycles. The van der Waals surface area contributed by atoms with Crippen molar-refractivity contribution >= 4 is 0 Å². The number of hydrogen-bond acceptors (Lipinski definition) is 2. The average Bonchev–Trinajstić information content (AvgIpc) is 2.63. The average molecular weight is 248 g/mol. The summed E-state index contributed by atoms with van der Waals surface area (Å²) in [5.74, 6) is 0.736. The van der Waals surface area contributed by atoms with Crippen LogP contribution in [0.25, 0.3) is 0 Å². The van der Waals surface area contributed by atoms with E-state index in [1.807, 2.05) is 0 Å². The summed E-state index contributed by atoms with van der Waals surface area (Å²) in [6.45, 7) is 11.8. The van der Waals surface area contributed by atoms with Crippen molar-refractivity contribution in [1.29, 1.82) is 0 Å². The first-order valence-corrected chi connectivity index (χ1v) is 7.58. The molecule has 2 aliphatic rings. The molecule has 0 N–H and O–H groups in total. The SMILES string of the molecule is CCC(C)N1CCN(C2=CCCC(C)C=C2)CC1. The molecule has 0 spiro atoms. The predicted molar refractivity (Wildman–Crippen MR) is 78.5 cm³/mol. The molecule has 0 aromatic heterocycles. The highest BCUT2D eigenvalue weighted by atomic mass is 15.3. The molecular weight excluding hydrogens is 220 g/mol. The van der Waals surface area contributed by atoms with E-state index in [0.29, 0.717) is 0 Å². The first-order chi connectivity index (χ1) is 8.70. The Kier molecular flexibility index (Phi) is 4.87. The van der Waals surface area contributed by atoms with Gasteiger partial charge >= 0.3 is 0 Å². The molecule has 0 amide bonds. The quantitative estimate of drug-likeness (QED) is 0.756. The topological polar surface area (TPSA) is 6.48 Å². The number of rotatable bonds is 3. The Balaban J connectivity index is 1.89. The molecule has 0 saturated carbocycles. The molecule has 2 heteroatoms. The highest BCUT2D eigenvalue weighted by Gasteiger charge is 2.20. The van der Waals surface area contributed by atoms with Gasteiger partial charge in [0.1, 0.15) is 0 Å². The zero-order valence-electron chi connectivity index (χ0n) is 12.2. The van der Waals surface area contributed by atoms with Gasteiger partial charge in [0.25, 0.3) is 0 Å².